The molecule has 2 heterocycles. The molecule has 0 spiro atoms. The number of hydrogen-bond acceptors (Lipinski definition) is 6. The first-order valence-corrected chi connectivity index (χ1v) is 8.36. The summed E-state index contributed by atoms with van der Waals surface area (Å²) in [6.07, 6.45) is 3.95. The molecule has 1 fully saturated rings. The molecule has 1 atom stereocenters. The van der Waals surface area contributed by atoms with E-state index in [4.69, 9.17) is 4.74 Å². The Morgan fingerprint density at radius 2 is 2.17 bits per heavy atom. The summed E-state index contributed by atoms with van der Waals surface area (Å²) in [7, 11) is 0. The summed E-state index contributed by atoms with van der Waals surface area (Å²) in [6, 6.07) is -0.287. The van der Waals surface area contributed by atoms with Gasteiger partial charge in [0.2, 0.25) is 0 Å². The van der Waals surface area contributed by atoms with Crippen LogP contribution in [0.3, 0.4) is 0 Å². The normalized spacial score (nSPS) is 23.6. The summed E-state index contributed by atoms with van der Waals surface area (Å²) < 4.78 is 6.07. The van der Waals surface area contributed by atoms with Crippen molar-refractivity contribution in [1.29, 1.82) is 0 Å². The van der Waals surface area contributed by atoms with E-state index in [1.54, 1.807) is 16.0 Å². The van der Waals surface area contributed by atoms with Crippen molar-refractivity contribution in [3.05, 3.63) is 10.8 Å². The number of halogens is 1. The first kappa shape index (κ1) is 16.2. The predicted octanol–water partition coefficient (Wildman–Crippen LogP) is 2.27. The fourth-order valence-corrected chi connectivity index (χ4v) is 2.86. The van der Waals surface area contributed by atoms with Crippen molar-refractivity contribution in [3.63, 3.8) is 0 Å². The minimum absolute atomic E-state index is 0.0711. The maximum absolute atomic E-state index is 12.6. The van der Waals surface area contributed by atoms with Crippen LogP contribution in [0.1, 0.15) is 33.6 Å². The number of ether oxygens (including phenoxy) is 1. The lowest BCUT2D eigenvalue weighted by Gasteiger charge is -2.32. The second-order valence-corrected chi connectivity index (χ2v) is 7.56. The maximum Gasteiger partial charge on any atom is 0.416 e. The van der Waals surface area contributed by atoms with Crippen molar-refractivity contribution in [2.45, 2.75) is 51.3 Å². The number of nitrogens with zero attached hydrogens (tertiary/aromatic N) is 4. The Kier molecular flexibility index (Phi) is 4.03. The van der Waals surface area contributed by atoms with E-state index in [-0.39, 0.29) is 12.1 Å². The fraction of sp³-hybridized carbons (Fsp3) is 0.600. The van der Waals surface area contributed by atoms with Gasteiger partial charge >= 0.3 is 6.09 Å². The second-order valence-electron chi connectivity index (χ2n) is 6.74. The summed E-state index contributed by atoms with van der Waals surface area (Å²) in [5.41, 5.74) is -0.588. The lowest BCUT2D eigenvalue weighted by Crippen LogP contribution is -2.50. The van der Waals surface area contributed by atoms with E-state index < -0.39 is 11.7 Å². The van der Waals surface area contributed by atoms with Crippen LogP contribution in [0.25, 0.3) is 0 Å². The van der Waals surface area contributed by atoms with Gasteiger partial charge in [-0.2, -0.15) is 0 Å². The van der Waals surface area contributed by atoms with Gasteiger partial charge in [0, 0.05) is 12.2 Å². The summed E-state index contributed by atoms with van der Waals surface area (Å²) in [4.78, 5) is 36.0. The molecule has 124 valence electrons. The molecule has 2 aliphatic heterocycles. The van der Waals surface area contributed by atoms with Gasteiger partial charge < -0.3 is 14.4 Å². The van der Waals surface area contributed by atoms with Crippen LogP contribution in [-0.2, 0) is 9.53 Å². The van der Waals surface area contributed by atoms with Crippen LogP contribution in [0.5, 0.6) is 0 Å². The molecule has 0 aromatic carbocycles. The number of amides is 1. The van der Waals surface area contributed by atoms with Crippen LogP contribution in [0.15, 0.2) is 20.8 Å². The Morgan fingerprint density at radius 3 is 2.74 bits per heavy atom. The van der Waals surface area contributed by atoms with Crippen molar-refractivity contribution in [2.24, 2.45) is 9.98 Å². The first-order valence-electron chi connectivity index (χ1n) is 7.57. The third-order valence-electron chi connectivity index (χ3n) is 3.58. The number of amidine groups is 2. The number of aliphatic imine (C=N–C) groups is 2. The van der Waals surface area contributed by atoms with Crippen molar-refractivity contribution in [2.75, 3.05) is 6.54 Å². The molecule has 0 N–H and O–H groups in total. The third kappa shape index (κ3) is 3.31. The van der Waals surface area contributed by atoms with Gasteiger partial charge in [0.25, 0.3) is 0 Å². The third-order valence-corrected chi connectivity index (χ3v) is 3.96. The second kappa shape index (κ2) is 5.74. The lowest BCUT2D eigenvalue weighted by atomic mass is 10.2. The lowest BCUT2D eigenvalue weighted by molar-refractivity contribution is -0.110. The zero-order valence-corrected chi connectivity index (χ0v) is 14.9. The van der Waals surface area contributed by atoms with Crippen LogP contribution in [-0.4, -0.2) is 58.1 Å². The van der Waals surface area contributed by atoms with Crippen molar-refractivity contribution >= 4 is 40.0 Å². The molecule has 0 radical (unpaired) electrons. The highest BCUT2D eigenvalue weighted by molar-refractivity contribution is 9.11. The van der Waals surface area contributed by atoms with E-state index >= 15 is 0 Å². The Hall–Kier alpha value is -1.70. The molecule has 8 heteroatoms. The predicted molar refractivity (Wildman–Crippen MR) is 89.5 cm³/mol. The Labute approximate surface area is 143 Å². The molecule has 0 aromatic heterocycles. The van der Waals surface area contributed by atoms with Gasteiger partial charge in [0.15, 0.2) is 11.7 Å². The highest BCUT2D eigenvalue weighted by Gasteiger charge is 2.44. The van der Waals surface area contributed by atoms with Crippen molar-refractivity contribution < 1.29 is 14.3 Å². The topological polar surface area (TPSA) is 74.6 Å². The van der Waals surface area contributed by atoms with Gasteiger partial charge in [-0.3, -0.25) is 9.89 Å². The molecule has 0 saturated heterocycles. The van der Waals surface area contributed by atoms with E-state index in [0.29, 0.717) is 22.8 Å². The monoisotopic (exact) mass is 382 g/mol. The van der Waals surface area contributed by atoms with Crippen LogP contribution >= 0.6 is 15.9 Å². The molecule has 3 rings (SSSR count). The Bertz CT molecular complexity index is 631. The molecule has 7 nitrogen and oxygen atoms in total. The average Bonchev–Trinajstić information content (AvgIpc) is 3.16. The number of fused-ring (bicyclic) bond motifs is 1. The van der Waals surface area contributed by atoms with Gasteiger partial charge in [0.05, 0.1) is 6.54 Å². The molecule has 1 unspecified atom stereocenters. The van der Waals surface area contributed by atoms with Gasteiger partial charge in [-0.25, -0.2) is 9.79 Å². The highest BCUT2D eigenvalue weighted by Crippen LogP contribution is 2.32. The van der Waals surface area contributed by atoms with Crippen LogP contribution in [0.4, 0.5) is 4.79 Å². The molecular formula is C15H19BrN4O3. The summed E-state index contributed by atoms with van der Waals surface area (Å²) in [5, 5.41) is 0. The van der Waals surface area contributed by atoms with Crippen molar-refractivity contribution in [1.82, 2.24) is 9.80 Å². The first-order chi connectivity index (χ1) is 10.8. The van der Waals surface area contributed by atoms with Crippen molar-refractivity contribution in [3.8, 4) is 0 Å². The van der Waals surface area contributed by atoms with Gasteiger partial charge in [-0.1, -0.05) is 0 Å². The SMILES string of the molecule is CC(C)(C)OC(=O)N(C1=NC(Br)=CN2C1=NCC2C=O)C1CC1. The molecule has 1 saturated carbocycles. The van der Waals surface area contributed by atoms with Crippen LogP contribution < -0.4 is 0 Å². The molecule has 0 bridgehead atoms. The number of rotatable bonds is 2. The fourth-order valence-electron chi connectivity index (χ4n) is 2.47. The number of aldehydes is 1. The van der Waals surface area contributed by atoms with Gasteiger partial charge in [-0.05, 0) is 49.5 Å². The molecule has 0 aromatic rings. The maximum atomic E-state index is 12.6. The van der Waals surface area contributed by atoms with E-state index in [2.05, 4.69) is 25.9 Å². The van der Waals surface area contributed by atoms with Gasteiger partial charge in [0.1, 0.15) is 22.5 Å². The van der Waals surface area contributed by atoms with Gasteiger partial charge in [-0.15, -0.1) is 0 Å². The molecule has 1 amide bonds. The summed E-state index contributed by atoms with van der Waals surface area (Å²) >= 11 is 3.35. The standard InChI is InChI=1S/C15H19BrN4O3/c1-15(2,3)23-14(22)20(9-4-5-9)13-12-17-6-10(8-21)19(12)7-11(16)18-13/h7-10H,4-6H2,1-3H3. The van der Waals surface area contributed by atoms with Crippen LogP contribution in [0.2, 0.25) is 0 Å². The van der Waals surface area contributed by atoms with Crippen LogP contribution in [0, 0.1) is 0 Å². The number of carbonyl (C=O) groups excluding carboxylic acids is 2. The Balaban J connectivity index is 1.92. The Morgan fingerprint density at radius 1 is 1.48 bits per heavy atom. The smallest absolute Gasteiger partial charge is 0.416 e. The summed E-state index contributed by atoms with van der Waals surface area (Å²) in [6.45, 7) is 5.85. The van der Waals surface area contributed by atoms with E-state index in [9.17, 15) is 9.59 Å². The molecule has 1 aliphatic carbocycles. The quantitative estimate of drug-likeness (QED) is 0.542. The molecule has 23 heavy (non-hydrogen) atoms. The minimum atomic E-state index is -0.588. The zero-order chi connectivity index (χ0) is 16.8. The highest BCUT2D eigenvalue weighted by atomic mass is 79.9. The largest absolute Gasteiger partial charge is 0.443 e. The number of carbonyl (C=O) groups is 2. The van der Waals surface area contributed by atoms with E-state index in [0.717, 1.165) is 19.1 Å². The summed E-state index contributed by atoms with van der Waals surface area (Å²) in [5.74, 6) is 0.989. The zero-order valence-electron chi connectivity index (χ0n) is 13.3. The number of hydrogen-bond donors (Lipinski definition) is 0. The molecular weight excluding hydrogens is 364 g/mol. The molecule has 3 aliphatic rings. The van der Waals surface area contributed by atoms with E-state index in [1.807, 2.05) is 20.8 Å². The minimum Gasteiger partial charge on any atom is -0.443 e. The average molecular weight is 383 g/mol. The van der Waals surface area contributed by atoms with E-state index in [1.165, 1.54) is 0 Å².